The predicted octanol–water partition coefficient (Wildman–Crippen LogP) is 28.4. The highest BCUT2D eigenvalue weighted by molar-refractivity contribution is 7.21. The largest absolute Gasteiger partial charge is 0.465 e. The summed E-state index contributed by atoms with van der Waals surface area (Å²) < 4.78 is 35.0. The van der Waals surface area contributed by atoms with Crippen LogP contribution in [-0.4, -0.2) is 0 Å². The normalized spacial score (nSPS) is 13.0. The van der Waals surface area contributed by atoms with Gasteiger partial charge in [0.2, 0.25) is 0 Å². The van der Waals surface area contributed by atoms with Gasteiger partial charge in [0, 0.05) is 57.4 Å². The Balaban J connectivity index is 0.000000158. The molecule has 0 bridgehead atoms. The molecule has 0 saturated carbocycles. The van der Waals surface area contributed by atoms with Crippen molar-refractivity contribution < 1.29 is 8.53 Å². The van der Waals surface area contributed by atoms with Crippen molar-refractivity contribution in [2.24, 2.45) is 0 Å². The first-order valence-electron chi connectivity index (χ1n) is 33.6. The van der Waals surface area contributed by atoms with Crippen molar-refractivity contribution in [1.29, 1.82) is 0 Å². The number of rotatable bonds is 0. The summed E-state index contributed by atoms with van der Waals surface area (Å²) >= 11 is 9.71. The van der Waals surface area contributed by atoms with Gasteiger partial charge in [-0.15, -0.1) is 56.7 Å². The highest BCUT2D eigenvalue weighted by Crippen LogP contribution is 2.44. The van der Waals surface area contributed by atoms with E-state index in [9.17, 15) is 0 Å². The van der Waals surface area contributed by atoms with Crippen molar-refractivity contribution in [3.05, 3.63) is 206 Å². The number of hydrogen-bond acceptors (Lipinski definition) is 6. The van der Waals surface area contributed by atoms with Gasteiger partial charge in [-0.25, -0.2) is 0 Å². The minimum atomic E-state index is -2.08. The molecule has 0 aliphatic rings. The molecule has 0 spiro atoms. The van der Waals surface area contributed by atoms with Crippen LogP contribution in [0, 0.1) is 83.0 Å². The fourth-order valence-corrected chi connectivity index (χ4v) is 18.7. The molecule has 6 heteroatoms. The minimum absolute atomic E-state index is 0.154. The van der Waals surface area contributed by atoms with E-state index in [1.165, 1.54) is 136 Å². The Labute approximate surface area is 568 Å². The summed E-state index contributed by atoms with van der Waals surface area (Å²) in [4.78, 5) is 7.57. The van der Waals surface area contributed by atoms with E-state index in [1.807, 2.05) is 84.4 Å². The zero-order valence-corrected chi connectivity index (χ0v) is 64.4. The van der Waals surface area contributed by atoms with Crippen LogP contribution in [0.15, 0.2) is 114 Å². The summed E-state index contributed by atoms with van der Waals surface area (Å²) in [5, 5.41) is 9.82. The van der Waals surface area contributed by atoms with Gasteiger partial charge in [-0.3, -0.25) is 0 Å². The molecule has 6 heterocycles. The molecule has 0 aliphatic carbocycles. The lowest BCUT2D eigenvalue weighted by atomic mass is 9.90. The van der Waals surface area contributed by atoms with E-state index in [0.717, 1.165) is 11.3 Å². The van der Waals surface area contributed by atoms with Crippen LogP contribution >= 0.6 is 56.7 Å². The van der Waals surface area contributed by atoms with Crippen LogP contribution in [0.1, 0.15) is 226 Å². The summed E-state index contributed by atoms with van der Waals surface area (Å²) in [5.74, 6) is 1.28. The first kappa shape index (κ1) is 67.5. The monoisotopic (exact) mass is 1300 g/mol. The average molecular weight is 1300 g/mol. The van der Waals surface area contributed by atoms with Gasteiger partial charge in [-0.2, -0.15) is 0 Å². The highest BCUT2D eigenvalue weighted by Gasteiger charge is 2.26. The lowest BCUT2D eigenvalue weighted by molar-refractivity contribution is 0.392. The van der Waals surface area contributed by atoms with E-state index in [1.54, 1.807) is 6.92 Å². The van der Waals surface area contributed by atoms with E-state index < -0.39 is 6.85 Å². The van der Waals surface area contributed by atoms with Crippen LogP contribution in [0.5, 0.6) is 0 Å². The van der Waals surface area contributed by atoms with Crippen LogP contribution in [0.3, 0.4) is 0 Å². The first-order valence-corrected chi connectivity index (χ1v) is 36.2. The Morgan fingerprint density at radius 2 is 0.633 bits per heavy atom. The van der Waals surface area contributed by atoms with Crippen molar-refractivity contribution in [1.82, 2.24) is 0 Å². The smallest absolute Gasteiger partial charge is 0.112 e. The fraction of sp³-hybridized carbons (Fsp3) is 0.429. The van der Waals surface area contributed by atoms with E-state index >= 15 is 0 Å². The molecule has 0 aliphatic heterocycles. The zero-order chi connectivity index (χ0) is 69.8. The highest BCUT2D eigenvalue weighted by atomic mass is 32.1. The summed E-state index contributed by atoms with van der Waals surface area (Å²) in [5.41, 5.74) is 15.1. The molecular weight excluding hydrogens is 1190 g/mol. The Morgan fingerprint density at radius 3 is 1.07 bits per heavy atom. The minimum Gasteiger partial charge on any atom is -0.465 e. The van der Waals surface area contributed by atoms with Crippen molar-refractivity contribution in [3.8, 4) is 0 Å². The van der Waals surface area contributed by atoms with Crippen LogP contribution in [0.2, 0.25) is 0 Å². The van der Waals surface area contributed by atoms with Crippen molar-refractivity contribution in [2.75, 3.05) is 0 Å². The quantitative estimate of drug-likeness (QED) is 0.147. The second-order valence-electron chi connectivity index (χ2n) is 31.4. The SMILES string of the molecule is Cc1c(C(C)(C)C)sc2cc3ccccc3cc12.Cc1c(C(C)(C)C)sc2ccccc12.Cc1cc2sc(C(C)(C)C)c(C)c2cc1C.Cc1ccc2c(C)c(C(C)(C)C)sc2c1.Cc1ccc2sc(C(C)(C)C)c(C)c2c1.[2H]C([2H])([2H])c1c(C)oc(C(C)(C)C)c1C. The molecule has 0 amide bonds. The third kappa shape index (κ3) is 16.5. The third-order valence-electron chi connectivity index (χ3n) is 16.8. The lowest BCUT2D eigenvalue weighted by Gasteiger charge is -2.17. The second-order valence-corrected chi connectivity index (χ2v) is 36.7. The fourth-order valence-electron chi connectivity index (χ4n) is 12.2. The molecule has 6 aromatic carbocycles. The molecular formula is C84H108OS5. The number of aryl methyl sites for hydroxylation is 10. The van der Waals surface area contributed by atoms with Crippen molar-refractivity contribution >= 4 is 118 Å². The Morgan fingerprint density at radius 1 is 0.289 bits per heavy atom. The number of benzene rings is 6. The average Bonchev–Trinajstić information content (AvgIpc) is 1.69. The van der Waals surface area contributed by atoms with Gasteiger partial charge < -0.3 is 4.42 Å². The van der Waals surface area contributed by atoms with E-state index in [2.05, 4.69) is 275 Å². The molecule has 90 heavy (non-hydrogen) atoms. The summed E-state index contributed by atoms with van der Waals surface area (Å²) in [6.45, 7) is 61.8. The van der Waals surface area contributed by atoms with Gasteiger partial charge in [-0.1, -0.05) is 203 Å². The predicted molar refractivity (Wildman–Crippen MR) is 414 cm³/mol. The molecule has 0 unspecified atom stereocenters. The molecule has 0 atom stereocenters. The van der Waals surface area contributed by atoms with Gasteiger partial charge in [0.25, 0.3) is 0 Å². The molecule has 480 valence electrons. The standard InChI is InChI=1S/C17H18S.C15H20S.2C14H18S.C13H16S.C11H18O/c1-11-14-9-12-7-5-6-8-13(12)10-15(14)18-16(11)17(2,3)4;1-9-7-12-11(3)14(15(4,5)6)16-13(12)8-10(9)2;1-9-6-7-12-11(8-9)10(2)13(15-12)14(3,4)5;1-9-6-7-11-10(2)13(14(3,4)5)15-12(11)8-9;1-9-10-7-5-6-8-11(10)14-12(9)13(2,3)4;1-7-8(2)10(11(4,5)6)12-9(7)3/h5-10H,1-4H3;7-8H,1-6H3;2*6-8H,1-5H3;5-8H,1-4H3;1-6H3/i;;;;;1D3. The first-order chi connectivity index (χ1) is 42.6. The second kappa shape index (κ2) is 27.3. The topological polar surface area (TPSA) is 13.1 Å². The maximum absolute atomic E-state index is 7.45. The van der Waals surface area contributed by atoms with Gasteiger partial charge in [0.05, 0.1) is 0 Å². The van der Waals surface area contributed by atoms with Gasteiger partial charge in [0.1, 0.15) is 11.5 Å². The van der Waals surface area contributed by atoms with E-state index in [-0.39, 0.29) is 32.5 Å². The third-order valence-corrected chi connectivity index (χ3v) is 25.2. The van der Waals surface area contributed by atoms with Crippen LogP contribution in [0.4, 0.5) is 0 Å². The molecule has 12 aromatic rings. The lowest BCUT2D eigenvalue weighted by Crippen LogP contribution is -2.11. The Kier molecular flexibility index (Phi) is 20.5. The molecule has 12 rings (SSSR count). The van der Waals surface area contributed by atoms with Crippen molar-refractivity contribution in [3.63, 3.8) is 0 Å². The summed E-state index contributed by atoms with van der Waals surface area (Å²) in [6, 6.07) is 40.1. The maximum Gasteiger partial charge on any atom is 0.112 e. The molecule has 0 saturated heterocycles. The summed E-state index contributed by atoms with van der Waals surface area (Å²) in [6.07, 6.45) is 0. The van der Waals surface area contributed by atoms with Gasteiger partial charge in [0.15, 0.2) is 0 Å². The molecule has 0 radical (unpaired) electrons. The Hall–Kier alpha value is -5.34. The van der Waals surface area contributed by atoms with Gasteiger partial charge >= 0.3 is 0 Å². The molecule has 6 aromatic heterocycles. The van der Waals surface area contributed by atoms with Crippen molar-refractivity contribution in [2.45, 2.75) is 240 Å². The van der Waals surface area contributed by atoms with E-state index in [4.69, 9.17) is 8.53 Å². The van der Waals surface area contributed by atoms with Crippen LogP contribution in [-0.2, 0) is 32.5 Å². The number of furan rings is 1. The summed E-state index contributed by atoms with van der Waals surface area (Å²) in [7, 11) is 0. The number of fused-ring (bicyclic) bond motifs is 6. The zero-order valence-electron chi connectivity index (χ0n) is 63.3. The molecule has 0 fully saturated rings. The molecule has 0 N–H and O–H groups in total. The van der Waals surface area contributed by atoms with Crippen LogP contribution < -0.4 is 0 Å². The number of hydrogen-bond donors (Lipinski definition) is 0. The van der Waals surface area contributed by atoms with Gasteiger partial charge in [-0.05, 0) is 240 Å². The van der Waals surface area contributed by atoms with Crippen LogP contribution in [0.25, 0.3) is 61.2 Å². The maximum atomic E-state index is 7.45. The molecule has 1 nitrogen and oxygen atoms in total. The van der Waals surface area contributed by atoms with E-state index in [0.29, 0.717) is 11.3 Å². The number of thiophene rings is 5. The Bertz CT molecular complexity index is 4590.